The number of guanidine groups is 1. The van der Waals surface area contributed by atoms with Gasteiger partial charge in [-0.05, 0) is 37.3 Å². The number of carbonyl (C=O) groups is 1. The van der Waals surface area contributed by atoms with E-state index in [2.05, 4.69) is 5.32 Å². The second kappa shape index (κ2) is 7.31. The van der Waals surface area contributed by atoms with Gasteiger partial charge in [0.05, 0.1) is 5.69 Å². The van der Waals surface area contributed by atoms with Gasteiger partial charge in [0.15, 0.2) is 0 Å². The predicted octanol–water partition coefficient (Wildman–Crippen LogP) is 2.93. The fraction of sp³-hybridized carbons (Fsp3) is 0.467. The van der Waals surface area contributed by atoms with E-state index in [1.165, 1.54) is 17.7 Å². The van der Waals surface area contributed by atoms with Gasteiger partial charge in [0, 0.05) is 6.54 Å². The Hall–Kier alpha value is -1.75. The molecule has 4 N–H and O–H groups in total. The summed E-state index contributed by atoms with van der Waals surface area (Å²) < 4.78 is 0. The van der Waals surface area contributed by atoms with Crippen LogP contribution in [-0.2, 0) is 0 Å². The van der Waals surface area contributed by atoms with Gasteiger partial charge in [-0.3, -0.25) is 5.41 Å². The molecule has 0 bridgehead atoms. The van der Waals surface area contributed by atoms with Gasteiger partial charge in [-0.2, -0.15) is 0 Å². The Morgan fingerprint density at radius 3 is 2.43 bits per heavy atom. The lowest BCUT2D eigenvalue weighted by Gasteiger charge is -2.24. The van der Waals surface area contributed by atoms with Crippen LogP contribution in [0.1, 0.15) is 30.4 Å². The standard InChI is InChI=1S/C15H22N4O.ClH/c1-10-4-3-5-11(2)13(10)19(14(16)17)15(20)18-9-8-12-6-7-12;/h3-5,12H,6-9H2,1-2H3,(H3,16,17)(H,18,20);1H. The van der Waals surface area contributed by atoms with Crippen molar-refractivity contribution in [1.29, 1.82) is 5.41 Å². The Morgan fingerprint density at radius 2 is 1.95 bits per heavy atom. The minimum absolute atomic E-state index is 0. The number of benzene rings is 1. The second-order valence-corrected chi connectivity index (χ2v) is 5.43. The molecule has 1 aliphatic rings. The lowest BCUT2D eigenvalue weighted by Crippen LogP contribution is -2.48. The van der Waals surface area contributed by atoms with E-state index in [-0.39, 0.29) is 24.4 Å². The molecule has 21 heavy (non-hydrogen) atoms. The van der Waals surface area contributed by atoms with Gasteiger partial charge in [0.2, 0.25) is 5.96 Å². The summed E-state index contributed by atoms with van der Waals surface area (Å²) in [7, 11) is 0. The number of nitrogens with two attached hydrogens (primary N) is 1. The number of carbonyl (C=O) groups excluding carboxylic acids is 1. The van der Waals surface area contributed by atoms with Gasteiger partial charge < -0.3 is 11.1 Å². The van der Waals surface area contributed by atoms with Crippen molar-refractivity contribution in [2.24, 2.45) is 11.7 Å². The molecule has 0 spiro atoms. The highest BCUT2D eigenvalue weighted by Crippen LogP contribution is 2.31. The summed E-state index contributed by atoms with van der Waals surface area (Å²) in [5.41, 5.74) is 8.15. The van der Waals surface area contributed by atoms with Crippen molar-refractivity contribution >= 4 is 30.1 Å². The molecule has 1 aliphatic carbocycles. The lowest BCUT2D eigenvalue weighted by molar-refractivity contribution is 0.248. The molecule has 6 heteroatoms. The molecule has 0 radical (unpaired) electrons. The fourth-order valence-corrected chi connectivity index (χ4v) is 2.36. The number of hydrogen-bond acceptors (Lipinski definition) is 2. The lowest BCUT2D eigenvalue weighted by atomic mass is 10.1. The van der Waals surface area contributed by atoms with Crippen molar-refractivity contribution in [3.05, 3.63) is 29.3 Å². The zero-order valence-corrected chi connectivity index (χ0v) is 13.3. The molecule has 0 saturated heterocycles. The van der Waals surface area contributed by atoms with Crippen LogP contribution in [0.4, 0.5) is 10.5 Å². The molecule has 5 nitrogen and oxygen atoms in total. The molecule has 0 heterocycles. The van der Waals surface area contributed by atoms with E-state index in [0.717, 1.165) is 23.5 Å². The Balaban J connectivity index is 0.00000220. The fourth-order valence-electron chi connectivity index (χ4n) is 2.36. The molecule has 0 aromatic heterocycles. The van der Waals surface area contributed by atoms with Crippen molar-refractivity contribution in [2.45, 2.75) is 33.1 Å². The van der Waals surface area contributed by atoms with Crippen molar-refractivity contribution in [2.75, 3.05) is 11.4 Å². The minimum atomic E-state index is -0.324. The summed E-state index contributed by atoms with van der Waals surface area (Å²) in [5.74, 6) is 0.507. The number of nitrogens with one attached hydrogen (secondary N) is 2. The van der Waals surface area contributed by atoms with Crippen molar-refractivity contribution in [1.82, 2.24) is 5.32 Å². The number of urea groups is 1. The Labute approximate surface area is 131 Å². The van der Waals surface area contributed by atoms with E-state index in [9.17, 15) is 4.79 Å². The van der Waals surface area contributed by atoms with Crippen LogP contribution >= 0.6 is 12.4 Å². The van der Waals surface area contributed by atoms with E-state index in [4.69, 9.17) is 11.1 Å². The third-order valence-electron chi connectivity index (χ3n) is 3.63. The monoisotopic (exact) mass is 310 g/mol. The summed E-state index contributed by atoms with van der Waals surface area (Å²) in [5, 5.41) is 10.5. The van der Waals surface area contributed by atoms with Crippen molar-refractivity contribution < 1.29 is 4.79 Å². The Morgan fingerprint density at radius 1 is 1.38 bits per heavy atom. The summed E-state index contributed by atoms with van der Waals surface area (Å²) in [6.07, 6.45) is 3.54. The van der Waals surface area contributed by atoms with Crippen LogP contribution in [0, 0.1) is 25.2 Å². The van der Waals surface area contributed by atoms with Gasteiger partial charge >= 0.3 is 6.03 Å². The molecular formula is C15H23ClN4O. The number of aryl methyl sites for hydroxylation is 2. The van der Waals surface area contributed by atoms with Gasteiger partial charge in [-0.1, -0.05) is 31.0 Å². The maximum atomic E-state index is 12.3. The smallest absolute Gasteiger partial charge is 0.328 e. The van der Waals surface area contributed by atoms with Crippen molar-refractivity contribution in [3.63, 3.8) is 0 Å². The summed E-state index contributed by atoms with van der Waals surface area (Å²) in [6, 6.07) is 5.43. The third-order valence-corrected chi connectivity index (χ3v) is 3.63. The summed E-state index contributed by atoms with van der Waals surface area (Å²) >= 11 is 0. The molecule has 116 valence electrons. The Kier molecular flexibility index (Phi) is 6.03. The normalized spacial score (nSPS) is 13.2. The minimum Gasteiger partial charge on any atom is -0.369 e. The molecular weight excluding hydrogens is 288 g/mol. The van der Waals surface area contributed by atoms with E-state index < -0.39 is 0 Å². The van der Waals surface area contributed by atoms with E-state index in [1.807, 2.05) is 32.0 Å². The second-order valence-electron chi connectivity index (χ2n) is 5.43. The number of rotatable bonds is 4. The average molecular weight is 311 g/mol. The highest BCUT2D eigenvalue weighted by Gasteiger charge is 2.24. The predicted molar refractivity (Wildman–Crippen MR) is 88.3 cm³/mol. The first-order valence-corrected chi connectivity index (χ1v) is 6.99. The van der Waals surface area contributed by atoms with Crippen molar-refractivity contribution in [3.8, 4) is 0 Å². The van der Waals surface area contributed by atoms with Gasteiger partial charge in [-0.25, -0.2) is 9.69 Å². The maximum Gasteiger partial charge on any atom is 0.328 e. The average Bonchev–Trinajstić information content (AvgIpc) is 3.17. The van der Waals surface area contributed by atoms with E-state index in [1.54, 1.807) is 0 Å². The molecule has 1 fully saturated rings. The van der Waals surface area contributed by atoms with E-state index in [0.29, 0.717) is 12.2 Å². The van der Waals surface area contributed by atoms with Crippen LogP contribution in [0.3, 0.4) is 0 Å². The quantitative estimate of drug-likeness (QED) is 0.590. The van der Waals surface area contributed by atoms with Crippen LogP contribution in [0.2, 0.25) is 0 Å². The van der Waals surface area contributed by atoms with Crippen LogP contribution in [-0.4, -0.2) is 18.5 Å². The molecule has 0 atom stereocenters. The highest BCUT2D eigenvalue weighted by atomic mass is 35.5. The molecule has 1 aromatic rings. The number of para-hydroxylation sites is 1. The summed E-state index contributed by atoms with van der Waals surface area (Å²) in [6.45, 7) is 4.46. The number of anilines is 1. The number of hydrogen-bond donors (Lipinski definition) is 3. The number of halogens is 1. The summed E-state index contributed by atoms with van der Waals surface area (Å²) in [4.78, 5) is 13.5. The zero-order chi connectivity index (χ0) is 14.7. The third kappa shape index (κ3) is 4.36. The number of nitrogens with zero attached hydrogens (tertiary/aromatic N) is 1. The maximum absolute atomic E-state index is 12.3. The number of amides is 2. The van der Waals surface area contributed by atoms with Gasteiger partial charge in [0.25, 0.3) is 0 Å². The topological polar surface area (TPSA) is 82.2 Å². The van der Waals surface area contributed by atoms with Crippen LogP contribution in [0.5, 0.6) is 0 Å². The van der Waals surface area contributed by atoms with Crippen LogP contribution in [0.25, 0.3) is 0 Å². The largest absolute Gasteiger partial charge is 0.369 e. The van der Waals surface area contributed by atoms with Gasteiger partial charge in [0.1, 0.15) is 0 Å². The molecule has 1 aromatic carbocycles. The van der Waals surface area contributed by atoms with Crippen LogP contribution < -0.4 is 16.0 Å². The highest BCUT2D eigenvalue weighted by molar-refractivity contribution is 6.14. The molecule has 2 amide bonds. The molecule has 0 unspecified atom stereocenters. The SMILES string of the molecule is Cc1cccc(C)c1N(C(=N)N)C(=O)NCCC1CC1.Cl. The first-order chi connectivity index (χ1) is 9.50. The van der Waals surface area contributed by atoms with E-state index >= 15 is 0 Å². The molecule has 0 aliphatic heterocycles. The van der Waals surface area contributed by atoms with Crippen LogP contribution in [0.15, 0.2) is 18.2 Å². The first kappa shape index (κ1) is 17.3. The molecule has 2 rings (SSSR count). The van der Waals surface area contributed by atoms with Gasteiger partial charge in [-0.15, -0.1) is 12.4 Å². The zero-order valence-electron chi connectivity index (χ0n) is 12.5. The first-order valence-electron chi connectivity index (χ1n) is 6.99. The molecule has 1 saturated carbocycles. The Bertz CT molecular complexity index is 508.